The predicted octanol–water partition coefficient (Wildman–Crippen LogP) is 0.212. The van der Waals surface area contributed by atoms with Gasteiger partial charge in [0.25, 0.3) is 0 Å². The Hall–Kier alpha value is -1.34. The van der Waals surface area contributed by atoms with Crippen molar-refractivity contribution in [1.29, 1.82) is 0 Å². The molecule has 0 aromatic rings. The molecule has 2 amide bonds. The number of carboxylic acid groups (broad SMARTS) is 1. The number of amides is 2. The Bertz CT molecular complexity index is 336. The molecule has 0 radical (unpaired) electrons. The van der Waals surface area contributed by atoms with Gasteiger partial charge in [-0.15, -0.1) is 0 Å². The van der Waals surface area contributed by atoms with Crippen molar-refractivity contribution in [2.75, 3.05) is 39.3 Å². The molecular formula is C13H25N3O4. The first-order valence-electron chi connectivity index (χ1n) is 7.04. The second-order valence-electron chi connectivity index (χ2n) is 5.19. The minimum Gasteiger partial charge on any atom is -0.480 e. The number of morpholine rings is 1. The number of carboxylic acids is 1. The van der Waals surface area contributed by atoms with E-state index in [1.165, 1.54) is 4.90 Å². The Morgan fingerprint density at radius 1 is 1.50 bits per heavy atom. The number of likely N-dealkylation sites (N-methyl/N-ethyl adjacent to an activating group) is 1. The van der Waals surface area contributed by atoms with Crippen molar-refractivity contribution in [1.82, 2.24) is 15.1 Å². The van der Waals surface area contributed by atoms with Crippen LogP contribution in [0, 0.1) is 0 Å². The van der Waals surface area contributed by atoms with Gasteiger partial charge in [-0.2, -0.15) is 0 Å². The van der Waals surface area contributed by atoms with Crippen LogP contribution in [-0.2, 0) is 9.53 Å². The molecule has 1 heterocycles. The molecule has 0 saturated carbocycles. The van der Waals surface area contributed by atoms with E-state index in [0.717, 1.165) is 19.6 Å². The lowest BCUT2D eigenvalue weighted by molar-refractivity contribution is -0.138. The third-order valence-corrected chi connectivity index (χ3v) is 3.34. The predicted molar refractivity (Wildman–Crippen MR) is 74.7 cm³/mol. The number of aliphatic carboxylic acids is 1. The molecule has 2 N–H and O–H groups in total. The highest BCUT2D eigenvalue weighted by molar-refractivity contribution is 5.80. The summed E-state index contributed by atoms with van der Waals surface area (Å²) in [5.74, 6) is -1.01. The van der Waals surface area contributed by atoms with E-state index in [1.807, 2.05) is 0 Å². The van der Waals surface area contributed by atoms with Gasteiger partial charge >= 0.3 is 12.0 Å². The largest absolute Gasteiger partial charge is 0.480 e. The summed E-state index contributed by atoms with van der Waals surface area (Å²) < 4.78 is 5.59. The number of hydrogen-bond donors (Lipinski definition) is 2. The maximum absolute atomic E-state index is 12.0. The van der Waals surface area contributed by atoms with E-state index in [2.05, 4.69) is 17.1 Å². The van der Waals surface area contributed by atoms with Gasteiger partial charge < -0.3 is 20.1 Å². The molecule has 0 bridgehead atoms. The zero-order valence-electron chi connectivity index (χ0n) is 12.5. The standard InChI is InChI=1S/C13H25N3O4/c1-4-15-5-6-20-11(8-15)7-14-13(19)16(10(2)3)9-12(17)18/h10-11H,4-9H2,1-3H3,(H,14,19)(H,17,18). The van der Waals surface area contributed by atoms with E-state index in [9.17, 15) is 9.59 Å². The van der Waals surface area contributed by atoms with Crippen LogP contribution in [0.3, 0.4) is 0 Å². The van der Waals surface area contributed by atoms with Gasteiger partial charge in [0.1, 0.15) is 6.54 Å². The second-order valence-corrected chi connectivity index (χ2v) is 5.19. The molecule has 1 fully saturated rings. The Morgan fingerprint density at radius 3 is 2.75 bits per heavy atom. The van der Waals surface area contributed by atoms with Crippen molar-refractivity contribution >= 4 is 12.0 Å². The minimum absolute atomic E-state index is 0.0357. The van der Waals surface area contributed by atoms with Gasteiger partial charge in [-0.05, 0) is 20.4 Å². The fourth-order valence-corrected chi connectivity index (χ4v) is 2.13. The van der Waals surface area contributed by atoms with Crippen LogP contribution in [0.2, 0.25) is 0 Å². The summed E-state index contributed by atoms with van der Waals surface area (Å²) in [4.78, 5) is 26.3. The maximum atomic E-state index is 12.0. The lowest BCUT2D eigenvalue weighted by Gasteiger charge is -2.33. The topological polar surface area (TPSA) is 82.1 Å². The molecular weight excluding hydrogens is 262 g/mol. The van der Waals surface area contributed by atoms with Gasteiger partial charge in [0.05, 0.1) is 12.7 Å². The van der Waals surface area contributed by atoms with Gasteiger partial charge in [-0.3, -0.25) is 9.69 Å². The minimum atomic E-state index is -1.01. The third-order valence-electron chi connectivity index (χ3n) is 3.34. The summed E-state index contributed by atoms with van der Waals surface area (Å²) in [6, 6.07) is -0.523. The Kier molecular flexibility index (Phi) is 6.74. The van der Waals surface area contributed by atoms with Crippen LogP contribution in [0.4, 0.5) is 4.79 Å². The third kappa shape index (κ3) is 5.34. The van der Waals surface area contributed by atoms with Crippen molar-refractivity contribution in [3.05, 3.63) is 0 Å². The number of urea groups is 1. The first kappa shape index (κ1) is 16.7. The summed E-state index contributed by atoms with van der Waals surface area (Å²) in [7, 11) is 0. The Labute approximate surface area is 119 Å². The molecule has 1 aliphatic rings. The van der Waals surface area contributed by atoms with Crippen LogP contribution in [-0.4, -0.2) is 78.4 Å². The maximum Gasteiger partial charge on any atom is 0.323 e. The molecule has 0 aromatic carbocycles. The molecule has 0 aliphatic carbocycles. The number of nitrogens with one attached hydrogen (secondary N) is 1. The summed E-state index contributed by atoms with van der Waals surface area (Å²) in [5, 5.41) is 11.6. The van der Waals surface area contributed by atoms with Gasteiger partial charge in [0, 0.05) is 25.7 Å². The first-order chi connectivity index (χ1) is 9.43. The number of nitrogens with zero attached hydrogens (tertiary/aromatic N) is 2. The average molecular weight is 287 g/mol. The van der Waals surface area contributed by atoms with E-state index in [0.29, 0.717) is 13.2 Å². The fraction of sp³-hybridized carbons (Fsp3) is 0.846. The Balaban J connectivity index is 2.42. The molecule has 7 heteroatoms. The van der Waals surface area contributed by atoms with E-state index in [4.69, 9.17) is 9.84 Å². The van der Waals surface area contributed by atoms with Crippen molar-refractivity contribution < 1.29 is 19.4 Å². The van der Waals surface area contributed by atoms with E-state index < -0.39 is 5.97 Å². The molecule has 1 aliphatic heterocycles. The molecule has 7 nitrogen and oxygen atoms in total. The van der Waals surface area contributed by atoms with Crippen LogP contribution >= 0.6 is 0 Å². The molecule has 116 valence electrons. The number of carbonyl (C=O) groups excluding carboxylic acids is 1. The van der Waals surface area contributed by atoms with Crippen LogP contribution in [0.1, 0.15) is 20.8 Å². The highest BCUT2D eigenvalue weighted by atomic mass is 16.5. The normalized spacial score (nSPS) is 19.9. The van der Waals surface area contributed by atoms with Crippen molar-refractivity contribution in [3.8, 4) is 0 Å². The quantitative estimate of drug-likeness (QED) is 0.730. The lowest BCUT2D eigenvalue weighted by Crippen LogP contribution is -2.51. The average Bonchev–Trinajstić information content (AvgIpc) is 2.42. The summed E-state index contributed by atoms with van der Waals surface area (Å²) in [6.45, 7) is 9.11. The van der Waals surface area contributed by atoms with Gasteiger partial charge in [-0.1, -0.05) is 6.92 Å². The number of ether oxygens (including phenoxy) is 1. The highest BCUT2D eigenvalue weighted by Gasteiger charge is 2.23. The molecule has 20 heavy (non-hydrogen) atoms. The van der Waals surface area contributed by atoms with E-state index in [-0.39, 0.29) is 24.7 Å². The van der Waals surface area contributed by atoms with Crippen LogP contribution < -0.4 is 5.32 Å². The van der Waals surface area contributed by atoms with Gasteiger partial charge in [-0.25, -0.2) is 4.79 Å². The number of carbonyl (C=O) groups is 2. The zero-order chi connectivity index (χ0) is 15.1. The monoisotopic (exact) mass is 287 g/mol. The first-order valence-corrected chi connectivity index (χ1v) is 7.04. The van der Waals surface area contributed by atoms with Crippen LogP contribution in [0.5, 0.6) is 0 Å². The molecule has 1 atom stereocenters. The van der Waals surface area contributed by atoms with Crippen LogP contribution in [0.25, 0.3) is 0 Å². The second kappa shape index (κ2) is 8.06. The Morgan fingerprint density at radius 2 is 2.20 bits per heavy atom. The van der Waals surface area contributed by atoms with Crippen molar-refractivity contribution in [2.45, 2.75) is 32.9 Å². The smallest absolute Gasteiger partial charge is 0.323 e. The molecule has 1 saturated heterocycles. The summed E-state index contributed by atoms with van der Waals surface area (Å²) in [6.07, 6.45) is -0.0357. The summed E-state index contributed by atoms with van der Waals surface area (Å²) >= 11 is 0. The number of hydrogen-bond acceptors (Lipinski definition) is 4. The number of rotatable bonds is 6. The van der Waals surface area contributed by atoms with Gasteiger partial charge in [0.15, 0.2) is 0 Å². The lowest BCUT2D eigenvalue weighted by atomic mass is 10.2. The van der Waals surface area contributed by atoms with E-state index >= 15 is 0 Å². The van der Waals surface area contributed by atoms with Crippen LogP contribution in [0.15, 0.2) is 0 Å². The highest BCUT2D eigenvalue weighted by Crippen LogP contribution is 2.04. The summed E-state index contributed by atoms with van der Waals surface area (Å²) in [5.41, 5.74) is 0. The zero-order valence-corrected chi connectivity index (χ0v) is 12.5. The molecule has 0 spiro atoms. The molecule has 1 rings (SSSR count). The molecule has 1 unspecified atom stereocenters. The molecule has 0 aromatic heterocycles. The fourth-order valence-electron chi connectivity index (χ4n) is 2.13. The van der Waals surface area contributed by atoms with Crippen molar-refractivity contribution in [3.63, 3.8) is 0 Å². The van der Waals surface area contributed by atoms with Crippen molar-refractivity contribution in [2.24, 2.45) is 0 Å². The SMILES string of the molecule is CCN1CCOC(CNC(=O)N(CC(=O)O)C(C)C)C1. The van der Waals surface area contributed by atoms with E-state index in [1.54, 1.807) is 13.8 Å². The van der Waals surface area contributed by atoms with Gasteiger partial charge in [0.2, 0.25) is 0 Å².